The number of thiazole rings is 1. The number of carboxylic acid groups (broad SMARTS) is 1. The van der Waals surface area contributed by atoms with E-state index in [1.54, 1.807) is 12.3 Å². The molecule has 5 heteroatoms. The second kappa shape index (κ2) is 4.93. The molecule has 0 aliphatic heterocycles. The van der Waals surface area contributed by atoms with E-state index < -0.39 is 5.97 Å². The van der Waals surface area contributed by atoms with Crippen LogP contribution in [0.1, 0.15) is 29.3 Å². The van der Waals surface area contributed by atoms with Gasteiger partial charge in [0.1, 0.15) is 5.01 Å². The van der Waals surface area contributed by atoms with Crippen molar-refractivity contribution in [2.24, 2.45) is 0 Å². The van der Waals surface area contributed by atoms with E-state index in [0.29, 0.717) is 5.92 Å². The quantitative estimate of drug-likeness (QED) is 0.868. The molecule has 1 saturated carbocycles. The lowest BCUT2D eigenvalue weighted by atomic mass is 10.2. The van der Waals surface area contributed by atoms with Crippen molar-refractivity contribution in [1.29, 1.82) is 0 Å². The molecule has 2 heterocycles. The summed E-state index contributed by atoms with van der Waals surface area (Å²) in [5, 5.41) is 9.58. The van der Waals surface area contributed by atoms with Gasteiger partial charge < -0.3 is 5.11 Å². The van der Waals surface area contributed by atoms with Crippen LogP contribution in [-0.2, 0) is 4.79 Å². The molecule has 2 aromatic rings. The van der Waals surface area contributed by atoms with Gasteiger partial charge in [0.05, 0.1) is 16.3 Å². The zero-order valence-corrected chi connectivity index (χ0v) is 10.9. The Labute approximate surface area is 114 Å². The minimum atomic E-state index is -0.936. The molecular formula is C14H12N2O2S. The molecule has 2 aromatic heterocycles. The van der Waals surface area contributed by atoms with Crippen molar-refractivity contribution in [2.45, 2.75) is 18.8 Å². The maximum absolute atomic E-state index is 10.6. The molecule has 3 rings (SSSR count). The highest BCUT2D eigenvalue weighted by Gasteiger charge is 2.29. The van der Waals surface area contributed by atoms with Crippen molar-refractivity contribution in [3.8, 4) is 10.7 Å². The summed E-state index contributed by atoms with van der Waals surface area (Å²) in [5.41, 5.74) is 1.85. The smallest absolute Gasteiger partial charge is 0.328 e. The summed E-state index contributed by atoms with van der Waals surface area (Å²) in [6.07, 6.45) is 6.82. The van der Waals surface area contributed by atoms with Crippen molar-refractivity contribution >= 4 is 23.4 Å². The number of nitrogens with zero attached hydrogens (tertiary/aromatic N) is 2. The average molecular weight is 272 g/mol. The lowest BCUT2D eigenvalue weighted by Crippen LogP contribution is -1.87. The predicted octanol–water partition coefficient (Wildman–Crippen LogP) is 3.18. The van der Waals surface area contributed by atoms with Crippen molar-refractivity contribution in [3.63, 3.8) is 0 Å². The van der Waals surface area contributed by atoms with Gasteiger partial charge in [0.15, 0.2) is 0 Å². The molecular weight excluding hydrogens is 260 g/mol. The number of pyridine rings is 1. The Morgan fingerprint density at radius 1 is 1.42 bits per heavy atom. The molecule has 0 atom stereocenters. The summed E-state index contributed by atoms with van der Waals surface area (Å²) >= 11 is 1.50. The van der Waals surface area contributed by atoms with Gasteiger partial charge in [-0.05, 0) is 31.1 Å². The minimum absolute atomic E-state index is 0.488. The molecule has 1 N–H and O–H groups in total. The van der Waals surface area contributed by atoms with Crippen LogP contribution in [0, 0.1) is 0 Å². The van der Waals surface area contributed by atoms with Gasteiger partial charge in [-0.1, -0.05) is 6.07 Å². The van der Waals surface area contributed by atoms with Crippen LogP contribution in [0.5, 0.6) is 0 Å². The molecule has 0 unspecified atom stereocenters. The minimum Gasteiger partial charge on any atom is -0.478 e. The van der Waals surface area contributed by atoms with Gasteiger partial charge in [-0.25, -0.2) is 9.78 Å². The molecule has 0 spiro atoms. The van der Waals surface area contributed by atoms with Crippen LogP contribution in [-0.4, -0.2) is 21.0 Å². The highest BCUT2D eigenvalue weighted by Crippen LogP contribution is 2.44. The van der Waals surface area contributed by atoms with Crippen LogP contribution in [0.2, 0.25) is 0 Å². The van der Waals surface area contributed by atoms with E-state index in [2.05, 4.69) is 9.97 Å². The van der Waals surface area contributed by atoms with Gasteiger partial charge in [-0.2, -0.15) is 0 Å². The van der Waals surface area contributed by atoms with Gasteiger partial charge in [0, 0.05) is 18.2 Å². The summed E-state index contributed by atoms with van der Waals surface area (Å²) in [6, 6.07) is 5.71. The number of aromatic nitrogens is 2. The molecule has 1 aliphatic rings. The fourth-order valence-corrected chi connectivity index (χ4v) is 2.89. The van der Waals surface area contributed by atoms with Crippen molar-refractivity contribution in [3.05, 3.63) is 41.0 Å². The van der Waals surface area contributed by atoms with E-state index in [9.17, 15) is 4.79 Å². The summed E-state index contributed by atoms with van der Waals surface area (Å²) in [7, 11) is 0. The standard InChI is InChI=1S/C14H12N2O2S/c17-12(18)7-6-11-13(9-4-5-9)16-14(19-11)10-3-1-2-8-15-10/h1-3,6-9H,4-5H2,(H,17,18)/b7-6+. The number of aliphatic carboxylic acids is 1. The maximum Gasteiger partial charge on any atom is 0.328 e. The molecule has 96 valence electrons. The Kier molecular flexibility index (Phi) is 3.13. The Morgan fingerprint density at radius 2 is 2.26 bits per heavy atom. The van der Waals surface area contributed by atoms with Crippen LogP contribution in [0.4, 0.5) is 0 Å². The topological polar surface area (TPSA) is 63.1 Å². The van der Waals surface area contributed by atoms with E-state index in [-0.39, 0.29) is 0 Å². The molecule has 4 nitrogen and oxygen atoms in total. The first-order valence-corrected chi connectivity index (χ1v) is 6.89. The number of hydrogen-bond donors (Lipinski definition) is 1. The van der Waals surface area contributed by atoms with E-state index in [1.165, 1.54) is 17.4 Å². The monoisotopic (exact) mass is 272 g/mol. The summed E-state index contributed by atoms with van der Waals surface area (Å²) in [4.78, 5) is 20.5. The van der Waals surface area contributed by atoms with Gasteiger partial charge in [-0.15, -0.1) is 11.3 Å². The highest BCUT2D eigenvalue weighted by molar-refractivity contribution is 7.16. The van der Waals surface area contributed by atoms with E-state index in [4.69, 9.17) is 5.11 Å². The number of carboxylic acids is 1. The Morgan fingerprint density at radius 3 is 2.89 bits per heavy atom. The molecule has 0 radical (unpaired) electrons. The normalized spacial score (nSPS) is 14.9. The van der Waals surface area contributed by atoms with Gasteiger partial charge in [-0.3, -0.25) is 4.98 Å². The number of carbonyl (C=O) groups is 1. The van der Waals surface area contributed by atoms with E-state index in [1.807, 2.05) is 18.2 Å². The van der Waals surface area contributed by atoms with Crippen LogP contribution in [0.15, 0.2) is 30.5 Å². The number of rotatable bonds is 4. The summed E-state index contributed by atoms with van der Waals surface area (Å²) in [5.74, 6) is -0.448. The van der Waals surface area contributed by atoms with Crippen molar-refractivity contribution in [2.75, 3.05) is 0 Å². The van der Waals surface area contributed by atoms with Crippen LogP contribution in [0.25, 0.3) is 16.8 Å². The summed E-state index contributed by atoms with van der Waals surface area (Å²) in [6.45, 7) is 0. The number of hydrogen-bond acceptors (Lipinski definition) is 4. The maximum atomic E-state index is 10.6. The zero-order chi connectivity index (χ0) is 13.2. The third-order valence-electron chi connectivity index (χ3n) is 2.91. The highest BCUT2D eigenvalue weighted by atomic mass is 32.1. The average Bonchev–Trinajstić information content (AvgIpc) is 3.17. The van der Waals surface area contributed by atoms with Crippen LogP contribution >= 0.6 is 11.3 Å². The lowest BCUT2D eigenvalue weighted by molar-refractivity contribution is -0.131. The second-order valence-corrected chi connectivity index (χ2v) is 5.46. The molecule has 0 saturated heterocycles. The molecule has 1 aliphatic carbocycles. The molecule has 0 bridgehead atoms. The molecule has 0 amide bonds. The Hall–Kier alpha value is -2.01. The zero-order valence-electron chi connectivity index (χ0n) is 10.1. The first kappa shape index (κ1) is 12.0. The van der Waals surface area contributed by atoms with Crippen molar-refractivity contribution < 1.29 is 9.90 Å². The van der Waals surface area contributed by atoms with Gasteiger partial charge in [0.25, 0.3) is 0 Å². The van der Waals surface area contributed by atoms with Crippen LogP contribution < -0.4 is 0 Å². The second-order valence-electron chi connectivity index (χ2n) is 4.43. The van der Waals surface area contributed by atoms with E-state index in [0.717, 1.165) is 34.1 Å². The summed E-state index contributed by atoms with van der Waals surface area (Å²) < 4.78 is 0. The van der Waals surface area contributed by atoms with Gasteiger partial charge in [0.2, 0.25) is 0 Å². The Balaban J connectivity index is 1.99. The van der Waals surface area contributed by atoms with E-state index >= 15 is 0 Å². The van der Waals surface area contributed by atoms with Crippen LogP contribution in [0.3, 0.4) is 0 Å². The lowest BCUT2D eigenvalue weighted by Gasteiger charge is -1.92. The first-order chi connectivity index (χ1) is 9.24. The molecule has 0 aromatic carbocycles. The third-order valence-corrected chi connectivity index (χ3v) is 3.97. The van der Waals surface area contributed by atoms with Gasteiger partial charge >= 0.3 is 5.97 Å². The fraction of sp³-hybridized carbons (Fsp3) is 0.214. The SMILES string of the molecule is O=C(O)/C=C/c1sc(-c2ccccn2)nc1C1CC1. The predicted molar refractivity (Wildman–Crippen MR) is 74.0 cm³/mol. The fourth-order valence-electron chi connectivity index (χ4n) is 1.86. The molecule has 1 fully saturated rings. The Bertz CT molecular complexity index is 630. The third kappa shape index (κ3) is 2.71. The molecule has 19 heavy (non-hydrogen) atoms. The van der Waals surface area contributed by atoms with Crippen molar-refractivity contribution in [1.82, 2.24) is 9.97 Å². The largest absolute Gasteiger partial charge is 0.478 e. The first-order valence-electron chi connectivity index (χ1n) is 6.07.